The molecule has 1 fully saturated rings. The van der Waals surface area contributed by atoms with Crippen molar-refractivity contribution in [2.75, 3.05) is 19.0 Å². The van der Waals surface area contributed by atoms with Crippen molar-refractivity contribution < 1.29 is 54.7 Å². The van der Waals surface area contributed by atoms with Crippen LogP contribution in [-0.4, -0.2) is 55.8 Å². The van der Waals surface area contributed by atoms with E-state index in [2.05, 4.69) is 16.1 Å². The monoisotopic (exact) mass is 481 g/mol. The predicted molar refractivity (Wildman–Crippen MR) is 101 cm³/mol. The van der Waals surface area contributed by atoms with Gasteiger partial charge in [0.1, 0.15) is 12.2 Å². The number of hydrogen-bond acceptors (Lipinski definition) is 9. The largest absolute Gasteiger partial charge is 0.748 e. The lowest BCUT2D eigenvalue weighted by molar-refractivity contribution is -0.275. The average molecular weight is 481 g/mol. The van der Waals surface area contributed by atoms with Crippen LogP contribution in [0, 0.1) is 0 Å². The van der Waals surface area contributed by atoms with Crippen LogP contribution in [0.25, 0.3) is 0 Å². The zero-order valence-electron chi connectivity index (χ0n) is 16.7. The first-order valence-corrected chi connectivity index (χ1v) is 10.9. The van der Waals surface area contributed by atoms with Crippen LogP contribution in [0.5, 0.6) is 11.5 Å². The highest BCUT2D eigenvalue weighted by Crippen LogP contribution is 2.40. The molecule has 32 heavy (non-hydrogen) atoms. The third-order valence-corrected chi connectivity index (χ3v) is 5.12. The van der Waals surface area contributed by atoms with Gasteiger partial charge in [-0.15, -0.1) is 13.2 Å². The van der Waals surface area contributed by atoms with Crippen LogP contribution in [0.2, 0.25) is 0 Å². The Labute approximate surface area is 181 Å². The molecule has 0 N–H and O–H groups in total. The van der Waals surface area contributed by atoms with E-state index in [1.54, 1.807) is 0 Å². The molecule has 9 nitrogen and oxygen atoms in total. The Bertz CT molecular complexity index is 951. The van der Waals surface area contributed by atoms with Gasteiger partial charge in [-0.1, -0.05) is 6.58 Å². The summed E-state index contributed by atoms with van der Waals surface area (Å²) in [6.45, 7) is 2.05. The first kappa shape index (κ1) is 25.5. The number of hydrogen-bond donors (Lipinski definition) is 0. The number of ether oxygens (including phenoxy) is 4. The van der Waals surface area contributed by atoms with E-state index in [1.165, 1.54) is 6.08 Å². The van der Waals surface area contributed by atoms with Gasteiger partial charge in [-0.05, 0) is 50.0 Å². The van der Waals surface area contributed by atoms with Crippen LogP contribution >= 0.6 is 0 Å². The van der Waals surface area contributed by atoms with Crippen molar-refractivity contribution in [3.8, 4) is 11.5 Å². The molecule has 0 bridgehead atoms. The zero-order chi connectivity index (χ0) is 24.0. The van der Waals surface area contributed by atoms with E-state index in [4.69, 9.17) is 9.47 Å². The second-order valence-electron chi connectivity index (χ2n) is 6.85. The SMILES string of the molecule is C=CC1(Oc2cc(C(=O)OCC(=O)OCCS(=O)(=O)[O-])ccc2OC(F)(F)F)CCCC1. The Balaban J connectivity index is 2.11. The fourth-order valence-electron chi connectivity index (χ4n) is 2.97. The molecule has 0 radical (unpaired) electrons. The molecule has 1 aliphatic carbocycles. The molecule has 0 aliphatic heterocycles. The molecule has 0 spiro atoms. The van der Waals surface area contributed by atoms with Crippen molar-refractivity contribution in [2.45, 2.75) is 37.6 Å². The van der Waals surface area contributed by atoms with Crippen molar-refractivity contribution in [1.29, 1.82) is 0 Å². The van der Waals surface area contributed by atoms with Crippen LogP contribution in [0.4, 0.5) is 13.2 Å². The van der Waals surface area contributed by atoms with E-state index in [-0.39, 0.29) is 11.3 Å². The lowest BCUT2D eigenvalue weighted by Crippen LogP contribution is -2.30. The zero-order valence-corrected chi connectivity index (χ0v) is 17.5. The van der Waals surface area contributed by atoms with Crippen LogP contribution in [0.1, 0.15) is 36.0 Å². The number of alkyl halides is 3. The number of halogens is 3. The Morgan fingerprint density at radius 3 is 2.38 bits per heavy atom. The third kappa shape index (κ3) is 8.04. The average Bonchev–Trinajstić information content (AvgIpc) is 3.14. The molecular weight excluding hydrogens is 461 g/mol. The molecule has 0 atom stereocenters. The normalized spacial score (nSPS) is 15.6. The summed E-state index contributed by atoms with van der Waals surface area (Å²) in [6.07, 6.45) is -0.931. The molecular formula is C19H20F3O9S-. The van der Waals surface area contributed by atoms with E-state index < -0.39 is 58.7 Å². The number of benzene rings is 1. The summed E-state index contributed by atoms with van der Waals surface area (Å²) >= 11 is 0. The minimum absolute atomic E-state index is 0.235. The van der Waals surface area contributed by atoms with Crippen LogP contribution in [-0.2, 0) is 24.4 Å². The molecule has 1 aromatic carbocycles. The highest BCUT2D eigenvalue weighted by molar-refractivity contribution is 7.85. The van der Waals surface area contributed by atoms with Gasteiger partial charge >= 0.3 is 18.3 Å². The lowest BCUT2D eigenvalue weighted by Gasteiger charge is -2.28. The lowest BCUT2D eigenvalue weighted by atomic mass is 10.0. The summed E-state index contributed by atoms with van der Waals surface area (Å²) in [4.78, 5) is 23.7. The van der Waals surface area contributed by atoms with Crippen molar-refractivity contribution >= 4 is 22.1 Å². The maximum absolute atomic E-state index is 12.8. The summed E-state index contributed by atoms with van der Waals surface area (Å²) in [5, 5.41) is 0. The van der Waals surface area contributed by atoms with Crippen LogP contribution < -0.4 is 9.47 Å². The standard InChI is InChI=1S/C19H21F3O9S/c1-2-18(7-3-4-8-18)30-15-11-13(5-6-14(15)31-19(20,21)22)17(24)29-12-16(23)28-9-10-32(25,26)27/h2,5-6,11H,1,3-4,7-10,12H2,(H,25,26,27)/p-1. The Morgan fingerprint density at radius 1 is 1.16 bits per heavy atom. The van der Waals surface area contributed by atoms with E-state index in [0.29, 0.717) is 12.8 Å². The summed E-state index contributed by atoms with van der Waals surface area (Å²) in [5.74, 6) is -4.17. The minimum Gasteiger partial charge on any atom is -0.748 e. The smallest absolute Gasteiger partial charge is 0.573 e. The quantitative estimate of drug-likeness (QED) is 0.281. The first-order chi connectivity index (χ1) is 14.8. The number of carbonyl (C=O) groups excluding carboxylic acids is 2. The highest BCUT2D eigenvalue weighted by atomic mass is 32.2. The van der Waals surface area contributed by atoms with Crippen molar-refractivity contribution in [1.82, 2.24) is 0 Å². The predicted octanol–water partition coefficient (Wildman–Crippen LogP) is 2.71. The van der Waals surface area contributed by atoms with Crippen LogP contribution in [0.15, 0.2) is 30.9 Å². The van der Waals surface area contributed by atoms with Gasteiger partial charge in [0.15, 0.2) is 18.1 Å². The van der Waals surface area contributed by atoms with E-state index >= 15 is 0 Å². The van der Waals surface area contributed by atoms with Gasteiger partial charge in [-0.2, -0.15) is 0 Å². The molecule has 178 valence electrons. The molecule has 0 amide bonds. The van der Waals surface area contributed by atoms with E-state index in [1.807, 2.05) is 0 Å². The molecule has 0 heterocycles. The molecule has 2 rings (SSSR count). The molecule has 1 saturated carbocycles. The molecule has 1 aromatic rings. The van der Waals surface area contributed by atoms with Gasteiger partial charge in [0.2, 0.25) is 0 Å². The van der Waals surface area contributed by atoms with Gasteiger partial charge in [0, 0.05) is 0 Å². The molecule has 0 saturated heterocycles. The fraction of sp³-hybridized carbons (Fsp3) is 0.474. The molecule has 1 aliphatic rings. The second kappa shape index (κ2) is 10.2. The summed E-state index contributed by atoms with van der Waals surface area (Å²) < 4.78 is 88.5. The van der Waals surface area contributed by atoms with Gasteiger partial charge in [-0.25, -0.2) is 18.0 Å². The van der Waals surface area contributed by atoms with Gasteiger partial charge < -0.3 is 23.5 Å². The minimum atomic E-state index is -5.00. The summed E-state index contributed by atoms with van der Waals surface area (Å²) in [5.41, 5.74) is -1.15. The third-order valence-electron chi connectivity index (χ3n) is 4.46. The van der Waals surface area contributed by atoms with E-state index in [0.717, 1.165) is 31.0 Å². The van der Waals surface area contributed by atoms with Crippen LogP contribution in [0.3, 0.4) is 0 Å². The van der Waals surface area contributed by atoms with E-state index in [9.17, 15) is 35.7 Å². The van der Waals surface area contributed by atoms with Crippen molar-refractivity contribution in [3.05, 3.63) is 36.4 Å². The fourth-order valence-corrected chi connectivity index (χ4v) is 3.26. The maximum atomic E-state index is 12.8. The van der Waals surface area contributed by atoms with Gasteiger partial charge in [-0.3, -0.25) is 0 Å². The van der Waals surface area contributed by atoms with Crippen molar-refractivity contribution in [3.63, 3.8) is 0 Å². The number of esters is 2. The Kier molecular flexibility index (Phi) is 8.13. The summed E-state index contributed by atoms with van der Waals surface area (Å²) in [6, 6.07) is 2.85. The summed E-state index contributed by atoms with van der Waals surface area (Å²) in [7, 11) is -4.58. The Morgan fingerprint density at radius 2 is 1.81 bits per heavy atom. The van der Waals surface area contributed by atoms with Gasteiger partial charge in [0.25, 0.3) is 0 Å². The first-order valence-electron chi connectivity index (χ1n) is 9.31. The molecule has 0 aromatic heterocycles. The number of carbonyl (C=O) groups is 2. The maximum Gasteiger partial charge on any atom is 0.573 e. The highest BCUT2D eigenvalue weighted by Gasteiger charge is 2.37. The Hall–Kier alpha value is -2.80. The number of rotatable bonds is 10. The van der Waals surface area contributed by atoms with Gasteiger partial charge in [0.05, 0.1) is 21.4 Å². The molecule has 13 heteroatoms. The topological polar surface area (TPSA) is 128 Å². The van der Waals surface area contributed by atoms with Crippen molar-refractivity contribution in [2.24, 2.45) is 0 Å². The molecule has 0 unspecified atom stereocenters. The second-order valence-corrected chi connectivity index (χ2v) is 8.37.